The van der Waals surface area contributed by atoms with Gasteiger partial charge in [-0.3, -0.25) is 9.48 Å². The molecular formula is C22H24ClN5O3. The molecule has 3 rings (SSSR count). The summed E-state index contributed by atoms with van der Waals surface area (Å²) in [4.78, 5) is 30.4. The highest BCUT2D eigenvalue weighted by Crippen LogP contribution is 2.22. The summed E-state index contributed by atoms with van der Waals surface area (Å²) in [7, 11) is 3.69. The number of hydrogen-bond acceptors (Lipinski definition) is 5. The molecule has 2 heterocycles. The summed E-state index contributed by atoms with van der Waals surface area (Å²) in [6, 6.07) is 7.82. The fraction of sp³-hybridized carbons (Fsp3) is 0.273. The molecule has 0 aliphatic heterocycles. The Kier molecular flexibility index (Phi) is 6.60. The summed E-state index contributed by atoms with van der Waals surface area (Å²) in [5.74, 6) is -1.17. The predicted molar refractivity (Wildman–Crippen MR) is 120 cm³/mol. The number of aromatic nitrogens is 3. The van der Waals surface area contributed by atoms with E-state index in [9.17, 15) is 14.7 Å². The number of nitrogens with one attached hydrogen (secondary N) is 1. The van der Waals surface area contributed by atoms with Crippen LogP contribution in [0.5, 0.6) is 0 Å². The van der Waals surface area contributed by atoms with E-state index in [1.807, 2.05) is 25.6 Å². The number of rotatable bonds is 7. The molecule has 0 radical (unpaired) electrons. The predicted octanol–water partition coefficient (Wildman–Crippen LogP) is 3.71. The van der Waals surface area contributed by atoms with Crippen molar-refractivity contribution in [1.29, 1.82) is 0 Å². The second-order valence-corrected chi connectivity index (χ2v) is 7.74. The van der Waals surface area contributed by atoms with Gasteiger partial charge in [-0.05, 0) is 56.2 Å². The van der Waals surface area contributed by atoms with Gasteiger partial charge in [-0.25, -0.2) is 9.78 Å². The molecule has 0 saturated carbocycles. The number of benzene rings is 1. The maximum Gasteiger partial charge on any atom is 0.339 e. The van der Waals surface area contributed by atoms with E-state index in [1.54, 1.807) is 36.2 Å². The van der Waals surface area contributed by atoms with Gasteiger partial charge in [0, 0.05) is 36.9 Å². The van der Waals surface area contributed by atoms with Crippen LogP contribution < -0.4 is 10.2 Å². The third-order valence-electron chi connectivity index (χ3n) is 5.18. The minimum atomic E-state index is -1.12. The van der Waals surface area contributed by atoms with Crippen molar-refractivity contribution in [3.63, 3.8) is 0 Å². The maximum atomic E-state index is 12.4. The van der Waals surface area contributed by atoms with Crippen LogP contribution in [0.15, 0.2) is 36.5 Å². The van der Waals surface area contributed by atoms with Crippen molar-refractivity contribution >= 4 is 35.0 Å². The number of aryl methyl sites for hydroxylation is 2. The first-order chi connectivity index (χ1) is 14.7. The lowest BCUT2D eigenvalue weighted by atomic mass is 10.1. The Morgan fingerprint density at radius 1 is 1.23 bits per heavy atom. The van der Waals surface area contributed by atoms with Crippen molar-refractivity contribution in [1.82, 2.24) is 14.8 Å². The number of nitrogens with zero attached hydrogens (tertiary/aromatic N) is 4. The molecule has 2 aromatic heterocycles. The Labute approximate surface area is 185 Å². The highest BCUT2D eigenvalue weighted by atomic mass is 35.5. The van der Waals surface area contributed by atoms with Crippen LogP contribution in [0.1, 0.15) is 37.7 Å². The molecule has 3 aromatic rings. The van der Waals surface area contributed by atoms with Gasteiger partial charge in [0.05, 0.1) is 17.6 Å². The first-order valence-electron chi connectivity index (χ1n) is 9.68. The van der Waals surface area contributed by atoms with Gasteiger partial charge in [-0.1, -0.05) is 11.6 Å². The van der Waals surface area contributed by atoms with E-state index in [4.69, 9.17) is 11.6 Å². The number of aromatic carboxylic acids is 1. The van der Waals surface area contributed by atoms with Gasteiger partial charge in [-0.15, -0.1) is 0 Å². The molecular weight excluding hydrogens is 418 g/mol. The third kappa shape index (κ3) is 5.03. The van der Waals surface area contributed by atoms with Gasteiger partial charge in [0.25, 0.3) is 5.91 Å². The van der Waals surface area contributed by atoms with E-state index in [2.05, 4.69) is 15.4 Å². The lowest BCUT2D eigenvalue weighted by Crippen LogP contribution is -2.24. The van der Waals surface area contributed by atoms with Gasteiger partial charge >= 0.3 is 5.97 Å². The Balaban J connectivity index is 1.77. The lowest BCUT2D eigenvalue weighted by Gasteiger charge is -2.20. The standard InChI is InChI=1S/C22H24ClN5O3/c1-13-18(14(2)28(4)26-13)9-10-27(3)20-19(22(30)31)11-17(12-24-20)25-21(29)15-5-7-16(23)8-6-15/h5-8,11-12H,9-10H2,1-4H3,(H,25,29)(H,30,31). The van der Waals surface area contributed by atoms with Crippen molar-refractivity contribution < 1.29 is 14.7 Å². The summed E-state index contributed by atoms with van der Waals surface area (Å²) in [6.07, 6.45) is 2.16. The lowest BCUT2D eigenvalue weighted by molar-refractivity contribution is 0.0697. The van der Waals surface area contributed by atoms with Gasteiger partial charge in [0.2, 0.25) is 0 Å². The highest BCUT2D eigenvalue weighted by Gasteiger charge is 2.18. The zero-order valence-corrected chi connectivity index (χ0v) is 18.6. The van der Waals surface area contributed by atoms with Crippen LogP contribution in [0, 0.1) is 13.8 Å². The molecule has 0 aliphatic carbocycles. The van der Waals surface area contributed by atoms with Crippen LogP contribution in [-0.4, -0.2) is 45.3 Å². The number of hydrogen-bond donors (Lipinski definition) is 2. The van der Waals surface area contributed by atoms with Gasteiger partial charge in [-0.2, -0.15) is 5.10 Å². The molecule has 0 spiro atoms. The normalized spacial score (nSPS) is 10.7. The monoisotopic (exact) mass is 441 g/mol. The molecule has 0 atom stereocenters. The number of amides is 1. The first kappa shape index (κ1) is 22.3. The van der Waals surface area contributed by atoms with Crippen LogP contribution in [0.2, 0.25) is 5.02 Å². The molecule has 0 saturated heterocycles. The first-order valence-corrected chi connectivity index (χ1v) is 10.1. The van der Waals surface area contributed by atoms with Crippen LogP contribution in [0.25, 0.3) is 0 Å². The fourth-order valence-corrected chi connectivity index (χ4v) is 3.48. The maximum absolute atomic E-state index is 12.4. The summed E-state index contributed by atoms with van der Waals surface area (Å²) >= 11 is 5.85. The van der Waals surface area contributed by atoms with Crippen molar-refractivity contribution in [2.24, 2.45) is 7.05 Å². The van der Waals surface area contributed by atoms with Gasteiger partial charge in [0.1, 0.15) is 11.4 Å². The van der Waals surface area contributed by atoms with E-state index in [0.29, 0.717) is 35.1 Å². The number of anilines is 2. The Bertz CT molecular complexity index is 1120. The molecule has 0 fully saturated rings. The molecule has 0 unspecified atom stereocenters. The SMILES string of the molecule is Cc1nn(C)c(C)c1CCN(C)c1ncc(NC(=O)c2ccc(Cl)cc2)cc1C(=O)O. The van der Waals surface area contributed by atoms with E-state index in [0.717, 1.165) is 17.0 Å². The zero-order valence-electron chi connectivity index (χ0n) is 17.8. The largest absolute Gasteiger partial charge is 0.478 e. The summed E-state index contributed by atoms with van der Waals surface area (Å²) < 4.78 is 1.84. The van der Waals surface area contributed by atoms with Crippen LogP contribution >= 0.6 is 11.6 Å². The Morgan fingerprint density at radius 3 is 2.48 bits per heavy atom. The number of pyridine rings is 1. The molecule has 31 heavy (non-hydrogen) atoms. The number of likely N-dealkylation sites (N-methyl/N-ethyl adjacent to an activating group) is 1. The van der Waals surface area contributed by atoms with Crippen molar-refractivity contribution in [3.05, 3.63) is 69.6 Å². The Morgan fingerprint density at radius 2 is 1.90 bits per heavy atom. The van der Waals surface area contributed by atoms with Crippen molar-refractivity contribution in [2.45, 2.75) is 20.3 Å². The van der Waals surface area contributed by atoms with Crippen LogP contribution in [-0.2, 0) is 13.5 Å². The van der Waals surface area contributed by atoms with E-state index in [1.165, 1.54) is 12.3 Å². The summed E-state index contributed by atoms with van der Waals surface area (Å²) in [6.45, 7) is 4.53. The van der Waals surface area contributed by atoms with Crippen LogP contribution in [0.3, 0.4) is 0 Å². The highest BCUT2D eigenvalue weighted by molar-refractivity contribution is 6.30. The number of carbonyl (C=O) groups excluding carboxylic acids is 1. The smallest absolute Gasteiger partial charge is 0.339 e. The Hall–Kier alpha value is -3.39. The number of halogens is 1. The van der Waals surface area contributed by atoms with E-state index in [-0.39, 0.29) is 11.5 Å². The minimum absolute atomic E-state index is 0.0102. The molecule has 162 valence electrons. The second kappa shape index (κ2) is 9.18. The van der Waals surface area contributed by atoms with Crippen LogP contribution in [0.4, 0.5) is 11.5 Å². The molecule has 9 heteroatoms. The summed E-state index contributed by atoms with van der Waals surface area (Å²) in [5, 5.41) is 17.3. The average Bonchev–Trinajstić information content (AvgIpc) is 2.97. The van der Waals surface area contributed by atoms with Crippen molar-refractivity contribution in [3.8, 4) is 0 Å². The molecule has 2 N–H and O–H groups in total. The molecule has 1 aromatic carbocycles. The number of carboxylic acids is 1. The molecule has 1 amide bonds. The number of carbonyl (C=O) groups is 2. The molecule has 0 aliphatic rings. The fourth-order valence-electron chi connectivity index (χ4n) is 3.36. The second-order valence-electron chi connectivity index (χ2n) is 7.31. The van der Waals surface area contributed by atoms with E-state index >= 15 is 0 Å². The van der Waals surface area contributed by atoms with Gasteiger partial charge in [0.15, 0.2) is 0 Å². The molecule has 0 bridgehead atoms. The molecule has 8 nitrogen and oxygen atoms in total. The quantitative estimate of drug-likeness (QED) is 0.579. The van der Waals surface area contributed by atoms with E-state index < -0.39 is 5.97 Å². The van der Waals surface area contributed by atoms with Crippen molar-refractivity contribution in [2.75, 3.05) is 23.8 Å². The summed E-state index contributed by atoms with van der Waals surface area (Å²) in [5.41, 5.74) is 3.89. The topological polar surface area (TPSA) is 100 Å². The zero-order chi connectivity index (χ0) is 22.7. The minimum Gasteiger partial charge on any atom is -0.478 e. The van der Waals surface area contributed by atoms with Gasteiger partial charge < -0.3 is 15.3 Å². The average molecular weight is 442 g/mol. The number of carboxylic acid groups (broad SMARTS) is 1. The third-order valence-corrected chi connectivity index (χ3v) is 5.43.